The zero-order valence-corrected chi connectivity index (χ0v) is 14.1. The molecule has 2 bridgehead atoms. The van der Waals surface area contributed by atoms with Gasteiger partial charge in [0.15, 0.2) is 0 Å². The molecule has 5 heteroatoms. The Kier molecular flexibility index (Phi) is 4.26. The van der Waals surface area contributed by atoms with Gasteiger partial charge in [-0.25, -0.2) is 0 Å². The van der Waals surface area contributed by atoms with E-state index in [0.29, 0.717) is 5.92 Å². The quantitative estimate of drug-likeness (QED) is 0.588. The minimum Gasteiger partial charge on any atom is -0.377 e. The van der Waals surface area contributed by atoms with E-state index in [1.807, 2.05) is 0 Å². The molecule has 4 aliphatic rings. The molecule has 0 aromatic heterocycles. The van der Waals surface area contributed by atoms with E-state index in [9.17, 15) is 17.6 Å². The van der Waals surface area contributed by atoms with Crippen molar-refractivity contribution in [1.29, 1.82) is 0 Å². The second-order valence-electron chi connectivity index (χ2n) is 8.35. The molecule has 0 radical (unpaired) electrons. The molecule has 0 aromatic carbocycles. The van der Waals surface area contributed by atoms with E-state index in [1.54, 1.807) is 0 Å². The maximum Gasteiger partial charge on any atom is 0.318 e. The van der Waals surface area contributed by atoms with Gasteiger partial charge in [0.25, 0.3) is 0 Å². The van der Waals surface area contributed by atoms with Gasteiger partial charge in [-0.15, -0.1) is 0 Å². The Morgan fingerprint density at radius 1 is 0.870 bits per heavy atom. The van der Waals surface area contributed by atoms with E-state index in [-0.39, 0.29) is 38.4 Å². The van der Waals surface area contributed by atoms with Crippen LogP contribution in [-0.4, -0.2) is 24.6 Å². The first-order valence-electron chi connectivity index (χ1n) is 9.05. The van der Waals surface area contributed by atoms with Crippen LogP contribution in [-0.2, 0) is 4.74 Å². The number of hydrogen-bond donors (Lipinski definition) is 0. The maximum absolute atomic E-state index is 14.6. The highest BCUT2D eigenvalue weighted by Crippen LogP contribution is 2.70. The Hall–Kier alpha value is -0.320. The predicted molar refractivity (Wildman–Crippen MR) is 80.9 cm³/mol. The molecular formula is C18H28F4O. The number of ether oxygens (including phenoxy) is 1. The Bertz CT molecular complexity index is 432. The lowest BCUT2D eigenvalue weighted by atomic mass is 9.50. The van der Waals surface area contributed by atoms with Gasteiger partial charge in [-0.2, -0.15) is 17.6 Å². The second kappa shape index (κ2) is 5.60. The highest BCUT2D eigenvalue weighted by atomic mass is 19.3. The molecule has 0 amide bonds. The van der Waals surface area contributed by atoms with Crippen LogP contribution in [0, 0.1) is 16.7 Å². The first kappa shape index (κ1) is 17.5. The third-order valence-electron chi connectivity index (χ3n) is 7.10. The number of alkyl halides is 4. The van der Waals surface area contributed by atoms with E-state index in [4.69, 9.17) is 4.74 Å². The van der Waals surface area contributed by atoms with E-state index < -0.39 is 22.7 Å². The molecule has 0 spiro atoms. The van der Waals surface area contributed by atoms with Crippen LogP contribution in [0.1, 0.15) is 71.6 Å². The predicted octanol–water partition coefficient (Wildman–Crippen LogP) is 5.82. The fourth-order valence-corrected chi connectivity index (χ4v) is 4.84. The summed E-state index contributed by atoms with van der Waals surface area (Å²) in [5, 5.41) is 0. The van der Waals surface area contributed by atoms with Crippen LogP contribution in [0.3, 0.4) is 0 Å². The zero-order chi connectivity index (χ0) is 16.9. The van der Waals surface area contributed by atoms with Gasteiger partial charge in [-0.3, -0.25) is 0 Å². The van der Waals surface area contributed by atoms with Gasteiger partial charge in [-0.05, 0) is 57.3 Å². The van der Waals surface area contributed by atoms with Crippen LogP contribution in [0.25, 0.3) is 0 Å². The normalized spacial score (nSPS) is 45.1. The van der Waals surface area contributed by atoms with Gasteiger partial charge < -0.3 is 4.74 Å². The molecule has 4 fully saturated rings. The fourth-order valence-electron chi connectivity index (χ4n) is 4.84. The summed E-state index contributed by atoms with van der Waals surface area (Å²) in [6.45, 7) is 3.26. The van der Waals surface area contributed by atoms with Crippen molar-refractivity contribution in [2.75, 3.05) is 6.61 Å². The molecular weight excluding hydrogens is 308 g/mol. The molecule has 0 heterocycles. The molecule has 4 aliphatic carbocycles. The third-order valence-corrected chi connectivity index (χ3v) is 7.10. The fraction of sp³-hybridized carbons (Fsp3) is 1.00. The van der Waals surface area contributed by atoms with E-state index in [0.717, 1.165) is 32.1 Å². The molecule has 0 N–H and O–H groups in total. The highest BCUT2D eigenvalue weighted by molar-refractivity contribution is 5.16. The van der Waals surface area contributed by atoms with Gasteiger partial charge in [0.1, 0.15) is 0 Å². The van der Waals surface area contributed by atoms with Crippen molar-refractivity contribution in [3.63, 3.8) is 0 Å². The molecule has 0 aliphatic heterocycles. The second-order valence-corrected chi connectivity index (χ2v) is 8.35. The molecule has 0 unspecified atom stereocenters. The van der Waals surface area contributed by atoms with Crippen molar-refractivity contribution in [3.8, 4) is 0 Å². The summed E-state index contributed by atoms with van der Waals surface area (Å²) >= 11 is 0. The van der Waals surface area contributed by atoms with Crippen LogP contribution in [0.4, 0.5) is 17.6 Å². The van der Waals surface area contributed by atoms with Crippen molar-refractivity contribution in [3.05, 3.63) is 0 Å². The Balaban J connectivity index is 1.68. The van der Waals surface area contributed by atoms with Gasteiger partial charge in [0.05, 0.1) is 18.1 Å². The van der Waals surface area contributed by atoms with Gasteiger partial charge in [0.2, 0.25) is 0 Å². The molecule has 23 heavy (non-hydrogen) atoms. The standard InChI is InChI=1S/C18H28F4O/c1-3-13-4-6-14(7-5-13)23-12-16-10-8-15(2,9-11-16)17(19,20)18(16,21)22/h13-14H,3-12H2,1-2H3. The zero-order valence-electron chi connectivity index (χ0n) is 14.1. The largest absolute Gasteiger partial charge is 0.377 e. The third kappa shape index (κ3) is 2.44. The lowest BCUT2D eigenvalue weighted by Gasteiger charge is -2.60. The molecule has 4 saturated carbocycles. The van der Waals surface area contributed by atoms with E-state index in [2.05, 4.69) is 6.92 Å². The van der Waals surface area contributed by atoms with E-state index >= 15 is 0 Å². The average molecular weight is 336 g/mol. The molecule has 0 aromatic rings. The summed E-state index contributed by atoms with van der Waals surface area (Å²) in [6.07, 6.45) is 5.59. The molecule has 1 nitrogen and oxygen atoms in total. The Labute approximate surface area is 136 Å². The monoisotopic (exact) mass is 336 g/mol. The van der Waals surface area contributed by atoms with Crippen LogP contribution in [0.5, 0.6) is 0 Å². The summed E-state index contributed by atoms with van der Waals surface area (Å²) in [5.74, 6) is -7.20. The van der Waals surface area contributed by atoms with Crippen molar-refractivity contribution in [1.82, 2.24) is 0 Å². The number of fused-ring (bicyclic) bond motifs is 3. The lowest BCUT2D eigenvalue weighted by Crippen LogP contribution is -2.69. The number of rotatable bonds is 4. The summed E-state index contributed by atoms with van der Waals surface area (Å²) in [6, 6.07) is 0. The molecule has 134 valence electrons. The van der Waals surface area contributed by atoms with Crippen molar-refractivity contribution < 1.29 is 22.3 Å². The molecule has 0 atom stereocenters. The summed E-state index contributed by atoms with van der Waals surface area (Å²) < 4.78 is 63.7. The van der Waals surface area contributed by atoms with Gasteiger partial charge in [-0.1, -0.05) is 20.3 Å². The minimum absolute atomic E-state index is 0.0353. The van der Waals surface area contributed by atoms with Crippen LogP contribution in [0.2, 0.25) is 0 Å². The van der Waals surface area contributed by atoms with Crippen molar-refractivity contribution in [2.24, 2.45) is 16.7 Å². The van der Waals surface area contributed by atoms with Crippen LogP contribution >= 0.6 is 0 Å². The smallest absolute Gasteiger partial charge is 0.318 e. The highest BCUT2D eigenvalue weighted by Gasteiger charge is 2.80. The molecule has 0 saturated heterocycles. The van der Waals surface area contributed by atoms with Gasteiger partial charge in [0, 0.05) is 5.41 Å². The van der Waals surface area contributed by atoms with Crippen molar-refractivity contribution in [2.45, 2.75) is 89.6 Å². The van der Waals surface area contributed by atoms with E-state index in [1.165, 1.54) is 6.92 Å². The summed E-state index contributed by atoms with van der Waals surface area (Å²) in [4.78, 5) is 0. The Morgan fingerprint density at radius 2 is 1.43 bits per heavy atom. The van der Waals surface area contributed by atoms with Crippen molar-refractivity contribution >= 4 is 0 Å². The average Bonchev–Trinajstić information content (AvgIpc) is 2.53. The van der Waals surface area contributed by atoms with Gasteiger partial charge >= 0.3 is 11.8 Å². The lowest BCUT2D eigenvalue weighted by molar-refractivity contribution is -0.371. The Morgan fingerprint density at radius 3 is 1.96 bits per heavy atom. The molecule has 4 rings (SSSR count). The first-order chi connectivity index (χ1) is 10.7. The topological polar surface area (TPSA) is 9.23 Å². The maximum atomic E-state index is 14.6. The summed E-state index contributed by atoms with van der Waals surface area (Å²) in [5.41, 5.74) is -3.23. The minimum atomic E-state index is -3.97. The van der Waals surface area contributed by atoms with Crippen LogP contribution in [0.15, 0.2) is 0 Å². The first-order valence-corrected chi connectivity index (χ1v) is 9.05. The SMILES string of the molecule is CCC1CCC(OCC23CCC(C)(CC2)C(F)(F)C3(F)F)CC1. The number of halogens is 4. The summed E-state index contributed by atoms with van der Waals surface area (Å²) in [7, 11) is 0. The number of hydrogen-bond acceptors (Lipinski definition) is 1. The van der Waals surface area contributed by atoms with Crippen LogP contribution < -0.4 is 0 Å².